The minimum Gasteiger partial charge on any atom is -0.478 e. The quantitative estimate of drug-likeness (QED) is 0.645. The highest BCUT2D eigenvalue weighted by Crippen LogP contribution is 2.21. The fourth-order valence-corrected chi connectivity index (χ4v) is 3.21. The lowest BCUT2D eigenvalue weighted by Crippen LogP contribution is -2.11. The Morgan fingerprint density at radius 3 is 2.47 bits per heavy atom. The molecule has 1 rings (SSSR count). The minimum absolute atomic E-state index is 0.0222. The number of rotatable bonds is 6. The highest BCUT2D eigenvalue weighted by atomic mass is 32.2. The maximum Gasteiger partial charge on any atom is 0.338 e. The standard InChI is InChI=1S/C13H17FO4S/c1-3-4-5-6-19(17,18)10-7-9(2)12(14)11(8-10)13(15)16/h7-8H,3-6H2,1-2H3,(H,15,16). The van der Waals surface area contributed by atoms with Crippen molar-refractivity contribution in [2.24, 2.45) is 0 Å². The van der Waals surface area contributed by atoms with E-state index in [-0.39, 0.29) is 16.2 Å². The predicted molar refractivity (Wildman–Crippen MR) is 69.7 cm³/mol. The molecule has 0 aliphatic heterocycles. The van der Waals surface area contributed by atoms with Gasteiger partial charge in [0.25, 0.3) is 0 Å². The number of sulfone groups is 1. The Labute approximate surface area is 112 Å². The Hall–Kier alpha value is -1.43. The Balaban J connectivity index is 3.17. The van der Waals surface area contributed by atoms with Crippen molar-refractivity contribution in [3.63, 3.8) is 0 Å². The smallest absolute Gasteiger partial charge is 0.338 e. The second-order valence-electron chi connectivity index (χ2n) is 4.43. The molecule has 0 bridgehead atoms. The molecule has 4 nitrogen and oxygen atoms in total. The summed E-state index contributed by atoms with van der Waals surface area (Å²) in [6, 6.07) is 2.08. The number of carboxylic acids is 1. The molecule has 0 aliphatic carbocycles. The number of aryl methyl sites for hydroxylation is 1. The molecule has 0 amide bonds. The lowest BCUT2D eigenvalue weighted by molar-refractivity contribution is 0.0691. The Bertz CT molecular complexity index is 579. The van der Waals surface area contributed by atoms with Crippen molar-refractivity contribution >= 4 is 15.8 Å². The zero-order chi connectivity index (χ0) is 14.6. The molecule has 0 fully saturated rings. The molecule has 0 unspecified atom stereocenters. The van der Waals surface area contributed by atoms with Gasteiger partial charge in [-0.25, -0.2) is 17.6 Å². The van der Waals surface area contributed by atoms with Crippen LogP contribution in [0.1, 0.15) is 42.1 Å². The highest BCUT2D eigenvalue weighted by molar-refractivity contribution is 7.91. The Kier molecular flexibility index (Phi) is 5.05. The molecule has 0 aromatic heterocycles. The largest absolute Gasteiger partial charge is 0.478 e. The topological polar surface area (TPSA) is 71.4 Å². The molecule has 19 heavy (non-hydrogen) atoms. The van der Waals surface area contributed by atoms with Crippen molar-refractivity contribution in [2.45, 2.75) is 38.0 Å². The summed E-state index contributed by atoms with van der Waals surface area (Å²) in [5.41, 5.74) is -0.581. The van der Waals surface area contributed by atoms with Gasteiger partial charge in [-0.3, -0.25) is 0 Å². The third-order valence-corrected chi connectivity index (χ3v) is 4.61. The monoisotopic (exact) mass is 288 g/mol. The van der Waals surface area contributed by atoms with Crippen LogP contribution in [0.3, 0.4) is 0 Å². The molecular weight excluding hydrogens is 271 g/mol. The average molecular weight is 288 g/mol. The Morgan fingerprint density at radius 2 is 1.95 bits per heavy atom. The number of unbranched alkanes of at least 4 members (excludes halogenated alkanes) is 2. The van der Waals surface area contributed by atoms with Gasteiger partial charge in [0.1, 0.15) is 5.82 Å². The number of hydrogen-bond acceptors (Lipinski definition) is 3. The van der Waals surface area contributed by atoms with Crippen LogP contribution in [0.5, 0.6) is 0 Å². The summed E-state index contributed by atoms with van der Waals surface area (Å²) in [6.45, 7) is 3.31. The van der Waals surface area contributed by atoms with E-state index in [1.54, 1.807) is 0 Å². The first-order valence-electron chi connectivity index (χ1n) is 6.05. The van der Waals surface area contributed by atoms with Gasteiger partial charge in [-0.1, -0.05) is 19.8 Å². The van der Waals surface area contributed by atoms with E-state index >= 15 is 0 Å². The van der Waals surface area contributed by atoms with Crippen LogP contribution in [0.15, 0.2) is 17.0 Å². The molecule has 0 aliphatic rings. The molecule has 0 radical (unpaired) electrons. The summed E-state index contributed by atoms with van der Waals surface area (Å²) in [4.78, 5) is 10.8. The number of halogens is 1. The van der Waals surface area contributed by atoms with E-state index in [4.69, 9.17) is 5.11 Å². The number of benzene rings is 1. The number of aromatic carboxylic acids is 1. The van der Waals surface area contributed by atoms with Gasteiger partial charge in [0, 0.05) is 0 Å². The van der Waals surface area contributed by atoms with Crippen LogP contribution in [-0.4, -0.2) is 25.2 Å². The Morgan fingerprint density at radius 1 is 1.32 bits per heavy atom. The fourth-order valence-electron chi connectivity index (χ4n) is 1.73. The summed E-state index contributed by atoms with van der Waals surface area (Å²) < 4.78 is 37.6. The van der Waals surface area contributed by atoms with Gasteiger partial charge in [-0.15, -0.1) is 0 Å². The lowest BCUT2D eigenvalue weighted by Gasteiger charge is -2.08. The molecule has 0 heterocycles. The van der Waals surface area contributed by atoms with Gasteiger partial charge < -0.3 is 5.11 Å². The first-order valence-corrected chi connectivity index (χ1v) is 7.71. The summed E-state index contributed by atoms with van der Waals surface area (Å²) in [5.74, 6) is -2.41. The predicted octanol–water partition coefficient (Wildman–Crippen LogP) is 2.80. The van der Waals surface area contributed by atoms with E-state index in [1.807, 2.05) is 6.92 Å². The van der Waals surface area contributed by atoms with Crippen molar-refractivity contribution in [2.75, 3.05) is 5.75 Å². The SMILES string of the molecule is CCCCCS(=O)(=O)c1cc(C)c(F)c(C(=O)O)c1. The van der Waals surface area contributed by atoms with Crippen molar-refractivity contribution < 1.29 is 22.7 Å². The third-order valence-electron chi connectivity index (χ3n) is 2.83. The normalized spacial score (nSPS) is 11.5. The van der Waals surface area contributed by atoms with Gasteiger partial charge in [0.15, 0.2) is 9.84 Å². The molecule has 6 heteroatoms. The average Bonchev–Trinajstić information content (AvgIpc) is 2.32. The number of hydrogen-bond donors (Lipinski definition) is 1. The maximum absolute atomic E-state index is 13.6. The van der Waals surface area contributed by atoms with Crippen molar-refractivity contribution in [3.05, 3.63) is 29.1 Å². The second kappa shape index (κ2) is 6.14. The maximum atomic E-state index is 13.6. The van der Waals surface area contributed by atoms with E-state index in [2.05, 4.69) is 0 Å². The van der Waals surface area contributed by atoms with Crippen LogP contribution in [0.25, 0.3) is 0 Å². The summed E-state index contributed by atoms with van der Waals surface area (Å²) in [7, 11) is -3.56. The van der Waals surface area contributed by atoms with Crippen LogP contribution in [0, 0.1) is 12.7 Å². The zero-order valence-electron chi connectivity index (χ0n) is 10.9. The molecular formula is C13H17FO4S. The van der Waals surface area contributed by atoms with Crippen LogP contribution < -0.4 is 0 Å². The van der Waals surface area contributed by atoms with Crippen molar-refractivity contribution in [1.29, 1.82) is 0 Å². The van der Waals surface area contributed by atoms with E-state index in [9.17, 15) is 17.6 Å². The molecule has 106 valence electrons. The number of carboxylic acid groups (broad SMARTS) is 1. The van der Waals surface area contributed by atoms with Crippen LogP contribution in [-0.2, 0) is 9.84 Å². The fraction of sp³-hybridized carbons (Fsp3) is 0.462. The van der Waals surface area contributed by atoms with Crippen molar-refractivity contribution in [3.8, 4) is 0 Å². The van der Waals surface area contributed by atoms with Gasteiger partial charge >= 0.3 is 5.97 Å². The van der Waals surface area contributed by atoms with E-state index < -0.39 is 27.2 Å². The first kappa shape index (κ1) is 15.6. The molecule has 0 saturated heterocycles. The third kappa shape index (κ3) is 3.76. The number of carbonyl (C=O) groups is 1. The summed E-state index contributed by atoms with van der Waals surface area (Å²) in [5, 5.41) is 8.86. The van der Waals surface area contributed by atoms with Gasteiger partial charge in [0.2, 0.25) is 0 Å². The van der Waals surface area contributed by atoms with Crippen LogP contribution in [0.4, 0.5) is 4.39 Å². The molecule has 1 aromatic rings. The zero-order valence-corrected chi connectivity index (χ0v) is 11.8. The van der Waals surface area contributed by atoms with Gasteiger partial charge in [-0.05, 0) is 31.0 Å². The van der Waals surface area contributed by atoms with Gasteiger partial charge in [-0.2, -0.15) is 0 Å². The minimum atomic E-state index is -3.56. The molecule has 1 aromatic carbocycles. The molecule has 0 spiro atoms. The van der Waals surface area contributed by atoms with E-state index in [0.29, 0.717) is 6.42 Å². The molecule has 0 saturated carbocycles. The molecule has 1 N–H and O–H groups in total. The summed E-state index contributed by atoms with van der Waals surface area (Å²) in [6.07, 6.45) is 2.18. The van der Waals surface area contributed by atoms with E-state index in [1.165, 1.54) is 13.0 Å². The van der Waals surface area contributed by atoms with Gasteiger partial charge in [0.05, 0.1) is 16.2 Å². The highest BCUT2D eigenvalue weighted by Gasteiger charge is 2.20. The lowest BCUT2D eigenvalue weighted by atomic mass is 10.1. The van der Waals surface area contributed by atoms with Crippen LogP contribution in [0.2, 0.25) is 0 Å². The van der Waals surface area contributed by atoms with E-state index in [0.717, 1.165) is 18.9 Å². The molecule has 0 atom stereocenters. The first-order chi connectivity index (χ1) is 8.79. The second-order valence-corrected chi connectivity index (χ2v) is 6.54. The van der Waals surface area contributed by atoms with Crippen LogP contribution >= 0.6 is 0 Å². The van der Waals surface area contributed by atoms with Crippen molar-refractivity contribution in [1.82, 2.24) is 0 Å². The summed E-state index contributed by atoms with van der Waals surface area (Å²) >= 11 is 0.